The average Bonchev–Trinajstić information content (AvgIpc) is 3.81. The van der Waals surface area contributed by atoms with Gasteiger partial charge in [-0.1, -0.05) is 24.3 Å². The van der Waals surface area contributed by atoms with Crippen LogP contribution in [0.1, 0.15) is 103 Å². The van der Waals surface area contributed by atoms with Crippen LogP contribution in [0.5, 0.6) is 5.75 Å². The molecule has 4 aromatic rings. The maximum atomic E-state index is 14.0. The maximum absolute atomic E-state index is 14.0. The van der Waals surface area contributed by atoms with Crippen molar-refractivity contribution in [2.45, 2.75) is 117 Å². The molecule has 65 heavy (non-hydrogen) atoms. The van der Waals surface area contributed by atoms with Crippen LogP contribution in [0.25, 0.3) is 22.5 Å². The number of ether oxygens (including phenoxy) is 3. The Kier molecular flexibility index (Phi) is 15.8. The molecule has 0 unspecified atom stereocenters. The lowest BCUT2D eigenvalue weighted by Gasteiger charge is -2.33. The molecular weight excluding hydrogens is 831 g/mol. The summed E-state index contributed by atoms with van der Waals surface area (Å²) in [5, 5.41) is 26.0. The van der Waals surface area contributed by atoms with Crippen molar-refractivity contribution in [2.75, 3.05) is 31.6 Å². The van der Waals surface area contributed by atoms with Crippen molar-refractivity contribution in [1.29, 1.82) is 0 Å². The fourth-order valence-corrected chi connectivity index (χ4v) is 7.92. The first-order chi connectivity index (χ1) is 30.9. The van der Waals surface area contributed by atoms with E-state index in [1.165, 1.54) is 0 Å². The molecule has 1 aliphatic carbocycles. The van der Waals surface area contributed by atoms with E-state index < -0.39 is 23.3 Å². The number of tetrazole rings is 1. The van der Waals surface area contributed by atoms with E-state index in [1.807, 2.05) is 78.8 Å². The Bertz CT molecular complexity index is 2240. The van der Waals surface area contributed by atoms with Crippen molar-refractivity contribution >= 4 is 35.6 Å². The quantitative estimate of drug-likeness (QED) is 0.0863. The number of alkyl carbamates (subject to hydrolysis) is 1. The highest BCUT2D eigenvalue weighted by Gasteiger charge is 2.31. The molecule has 5 amide bonds. The van der Waals surface area contributed by atoms with Gasteiger partial charge >= 0.3 is 12.2 Å². The number of H-pyrrole nitrogens is 1. The number of piperidine rings is 1. The van der Waals surface area contributed by atoms with Crippen LogP contribution in [-0.4, -0.2) is 105 Å². The van der Waals surface area contributed by atoms with Gasteiger partial charge in [-0.15, -0.1) is 10.2 Å². The summed E-state index contributed by atoms with van der Waals surface area (Å²) < 4.78 is 16.9. The van der Waals surface area contributed by atoms with Crippen molar-refractivity contribution in [1.82, 2.24) is 41.5 Å². The van der Waals surface area contributed by atoms with Gasteiger partial charge in [0.05, 0.1) is 6.61 Å². The van der Waals surface area contributed by atoms with Crippen molar-refractivity contribution in [2.24, 2.45) is 11.8 Å². The number of nitrogens with zero attached hydrogens (tertiary/aromatic N) is 4. The predicted molar refractivity (Wildman–Crippen MR) is 245 cm³/mol. The minimum absolute atomic E-state index is 0.0854. The first-order valence-electron chi connectivity index (χ1n) is 22.5. The molecule has 0 bridgehead atoms. The number of hydrogen-bond acceptors (Lipinski definition) is 11. The van der Waals surface area contributed by atoms with Crippen molar-refractivity contribution in [3.63, 3.8) is 0 Å². The Morgan fingerprint density at radius 3 is 2.09 bits per heavy atom. The van der Waals surface area contributed by atoms with Gasteiger partial charge < -0.3 is 40.4 Å². The molecule has 348 valence electrons. The second-order valence-corrected chi connectivity index (χ2v) is 18.7. The molecule has 17 heteroatoms. The molecule has 1 atom stereocenters. The van der Waals surface area contributed by atoms with E-state index in [4.69, 9.17) is 14.2 Å². The summed E-state index contributed by atoms with van der Waals surface area (Å²) in [4.78, 5) is 67.6. The molecule has 1 aromatic heterocycles. The molecular formula is C48H63N9O8. The molecule has 3 aromatic carbocycles. The molecule has 0 radical (unpaired) electrons. The topological polar surface area (TPSA) is 219 Å². The zero-order valence-corrected chi connectivity index (χ0v) is 38.5. The summed E-state index contributed by atoms with van der Waals surface area (Å²) in [5.41, 5.74) is 3.03. The fourth-order valence-electron chi connectivity index (χ4n) is 7.92. The molecule has 1 saturated heterocycles. The lowest BCUT2D eigenvalue weighted by atomic mass is 9.81. The van der Waals surface area contributed by atoms with Crippen molar-refractivity contribution in [3.8, 4) is 28.3 Å². The fraction of sp³-hybridized carbons (Fsp3) is 0.500. The minimum Gasteiger partial charge on any atom is -0.493 e. The van der Waals surface area contributed by atoms with Crippen LogP contribution in [0.3, 0.4) is 0 Å². The van der Waals surface area contributed by atoms with Gasteiger partial charge in [0, 0.05) is 60.4 Å². The third-order valence-corrected chi connectivity index (χ3v) is 11.3. The van der Waals surface area contributed by atoms with E-state index in [0.29, 0.717) is 74.7 Å². The molecule has 6 rings (SSSR count). The van der Waals surface area contributed by atoms with Gasteiger partial charge in [0.2, 0.25) is 17.6 Å². The highest BCUT2D eigenvalue weighted by molar-refractivity contribution is 5.98. The van der Waals surface area contributed by atoms with Crippen LogP contribution >= 0.6 is 0 Å². The van der Waals surface area contributed by atoms with E-state index in [2.05, 4.69) is 41.9 Å². The number of hydrogen-bond donors (Lipinski definition) is 5. The van der Waals surface area contributed by atoms with Gasteiger partial charge in [-0.05, 0) is 152 Å². The number of anilines is 1. The number of aromatic amines is 1. The van der Waals surface area contributed by atoms with Crippen LogP contribution in [0.4, 0.5) is 15.3 Å². The van der Waals surface area contributed by atoms with E-state index in [0.717, 1.165) is 35.1 Å². The Balaban J connectivity index is 1.10. The third kappa shape index (κ3) is 14.2. The normalized spacial score (nSPS) is 17.3. The van der Waals surface area contributed by atoms with Crippen LogP contribution in [-0.2, 0) is 25.5 Å². The van der Waals surface area contributed by atoms with Crippen LogP contribution in [0.2, 0.25) is 0 Å². The zero-order chi connectivity index (χ0) is 46.7. The second kappa shape index (κ2) is 21.4. The molecule has 2 fully saturated rings. The summed E-state index contributed by atoms with van der Waals surface area (Å²) >= 11 is 0. The highest BCUT2D eigenvalue weighted by Crippen LogP contribution is 2.33. The summed E-state index contributed by atoms with van der Waals surface area (Å²) in [6.07, 6.45) is 3.43. The van der Waals surface area contributed by atoms with Gasteiger partial charge in [-0.2, -0.15) is 5.21 Å². The molecule has 2 aliphatic rings. The maximum Gasteiger partial charge on any atom is 0.410 e. The van der Waals surface area contributed by atoms with Gasteiger partial charge in [0.25, 0.3) is 5.91 Å². The number of carbonyl (C=O) groups is 5. The molecule has 17 nitrogen and oxygen atoms in total. The van der Waals surface area contributed by atoms with Crippen molar-refractivity contribution < 1.29 is 38.2 Å². The number of likely N-dealkylation sites (tertiary alicyclic amines) is 1. The largest absolute Gasteiger partial charge is 0.493 e. The monoisotopic (exact) mass is 893 g/mol. The Morgan fingerprint density at radius 1 is 0.815 bits per heavy atom. The van der Waals surface area contributed by atoms with Gasteiger partial charge in [-0.25, -0.2) is 9.59 Å². The van der Waals surface area contributed by atoms with Crippen molar-refractivity contribution in [3.05, 3.63) is 77.9 Å². The van der Waals surface area contributed by atoms with E-state index >= 15 is 0 Å². The number of amides is 5. The van der Waals surface area contributed by atoms with Gasteiger partial charge in [0.15, 0.2) is 0 Å². The molecule has 0 spiro atoms. The smallest absolute Gasteiger partial charge is 0.410 e. The molecule has 1 saturated carbocycles. The van der Waals surface area contributed by atoms with Crippen LogP contribution < -0.4 is 26.0 Å². The molecule has 1 aliphatic heterocycles. The summed E-state index contributed by atoms with van der Waals surface area (Å²) in [6.45, 7) is 14.7. The molecule has 5 N–H and O–H groups in total. The average molecular weight is 894 g/mol. The van der Waals surface area contributed by atoms with Gasteiger partial charge in [0.1, 0.15) is 23.0 Å². The Labute approximate surface area is 380 Å². The predicted octanol–water partition coefficient (Wildman–Crippen LogP) is 7.06. The first kappa shape index (κ1) is 47.9. The lowest BCUT2D eigenvalue weighted by Crippen LogP contribution is -2.48. The first-order valence-corrected chi connectivity index (χ1v) is 22.5. The number of benzene rings is 3. The SMILES string of the molecule is CCOc1cc(C(=O)NC2CCN(C(=O)OC(C)(C)C)CC2)ccc1-c1ccc(C[C@H](NC(=O)[C@H]2CC[C@H](CNC(=O)OC(C)(C)C)CC2)C(=O)Nc2ccc(-c3nn[nH]n3)cc2)cc1. The standard InChI is InChI=1S/C48H63N9O8/c1-8-63-40-28-35(43(59)50-37-23-25-57(26-24-37)46(62)65-48(5,6)7)19-22-38(40)32-13-9-30(10-14-32)27-39(44(60)51-36-20-17-33(18-21-36)41-53-55-56-54-41)52-42(58)34-15-11-31(12-16-34)29-49-45(61)64-47(2,3)4/h9-10,13-14,17-22,28,31,34,37,39H,8,11-12,15-16,23-27,29H2,1-7H3,(H,49,61)(H,50,59)(H,51,60)(H,52,58)(H,53,54,55,56)/t31-,34-,39-/m0/s1. The number of nitrogens with one attached hydrogen (secondary N) is 5. The van der Waals surface area contributed by atoms with E-state index in [1.54, 1.807) is 41.3 Å². The summed E-state index contributed by atoms with van der Waals surface area (Å²) in [5.74, 6) is 0.138. The van der Waals surface area contributed by atoms with E-state index in [-0.39, 0.29) is 48.1 Å². The highest BCUT2D eigenvalue weighted by atomic mass is 16.6. The lowest BCUT2D eigenvalue weighted by molar-refractivity contribution is -0.130. The van der Waals surface area contributed by atoms with Gasteiger partial charge in [-0.3, -0.25) is 14.4 Å². The summed E-state index contributed by atoms with van der Waals surface area (Å²) in [7, 11) is 0. The third-order valence-electron chi connectivity index (χ3n) is 11.3. The Hall–Kier alpha value is -6.52. The van der Waals surface area contributed by atoms with Crippen LogP contribution in [0.15, 0.2) is 66.7 Å². The summed E-state index contributed by atoms with van der Waals surface area (Å²) in [6, 6.07) is 19.2. The number of aromatic nitrogens is 4. The number of carbonyl (C=O) groups excluding carboxylic acids is 5. The van der Waals surface area contributed by atoms with E-state index in [9.17, 15) is 24.0 Å². The zero-order valence-electron chi connectivity index (χ0n) is 38.5. The molecule has 2 heterocycles. The second-order valence-electron chi connectivity index (χ2n) is 18.7. The minimum atomic E-state index is -0.891. The van der Waals surface area contributed by atoms with Crippen LogP contribution in [0, 0.1) is 11.8 Å². The number of rotatable bonds is 14. The Morgan fingerprint density at radius 2 is 1.48 bits per heavy atom.